The number of hydrogen-bond acceptors (Lipinski definition) is 3. The molecule has 0 spiro atoms. The second kappa shape index (κ2) is 6.15. The van der Waals surface area contributed by atoms with Gasteiger partial charge in [0.05, 0.1) is 6.61 Å². The van der Waals surface area contributed by atoms with E-state index in [0.29, 0.717) is 6.54 Å². The van der Waals surface area contributed by atoms with E-state index in [1.165, 1.54) is 21.9 Å². The Bertz CT molecular complexity index is 553. The molecule has 0 aliphatic carbocycles. The Morgan fingerprint density at radius 3 is 2.58 bits per heavy atom. The van der Waals surface area contributed by atoms with Crippen molar-refractivity contribution in [1.29, 1.82) is 0 Å². The number of nitrogens with two attached hydrogens (primary N) is 1. The average Bonchev–Trinajstić information content (AvgIpc) is 2.38. The minimum Gasteiger partial charge on any atom is -0.395 e. The number of aliphatic hydroxyl groups is 1. The molecular formula is C16H22N2O. The number of rotatable bonds is 5. The van der Waals surface area contributed by atoms with Crippen LogP contribution in [0.25, 0.3) is 10.8 Å². The minimum atomic E-state index is -0.173. The Balaban J connectivity index is 2.11. The minimum absolute atomic E-state index is 0.0291. The van der Waals surface area contributed by atoms with Crippen molar-refractivity contribution in [3.05, 3.63) is 47.5 Å². The van der Waals surface area contributed by atoms with Gasteiger partial charge >= 0.3 is 0 Å². The summed E-state index contributed by atoms with van der Waals surface area (Å²) < 4.78 is 0. The highest BCUT2D eigenvalue weighted by molar-refractivity contribution is 5.83. The van der Waals surface area contributed by atoms with Crippen LogP contribution in [-0.2, 0) is 6.54 Å². The van der Waals surface area contributed by atoms with Gasteiger partial charge in [-0.1, -0.05) is 35.9 Å². The number of nitrogens with zero attached hydrogens (tertiary/aromatic N) is 1. The van der Waals surface area contributed by atoms with Crippen LogP contribution in [0.5, 0.6) is 0 Å². The van der Waals surface area contributed by atoms with Crippen molar-refractivity contribution in [2.24, 2.45) is 5.73 Å². The Kier molecular flexibility index (Phi) is 4.53. The lowest BCUT2D eigenvalue weighted by atomic mass is 10.0. The molecule has 0 heterocycles. The molecule has 3 nitrogen and oxygen atoms in total. The number of benzene rings is 2. The van der Waals surface area contributed by atoms with Crippen molar-refractivity contribution in [3.63, 3.8) is 0 Å². The second-order valence-corrected chi connectivity index (χ2v) is 5.32. The van der Waals surface area contributed by atoms with Crippen molar-refractivity contribution in [3.8, 4) is 0 Å². The van der Waals surface area contributed by atoms with E-state index in [0.717, 1.165) is 6.54 Å². The van der Waals surface area contributed by atoms with Crippen molar-refractivity contribution in [1.82, 2.24) is 4.90 Å². The van der Waals surface area contributed by atoms with Crippen molar-refractivity contribution in [2.75, 3.05) is 20.2 Å². The highest BCUT2D eigenvalue weighted by Crippen LogP contribution is 2.18. The lowest BCUT2D eigenvalue weighted by molar-refractivity contribution is 0.218. The van der Waals surface area contributed by atoms with Gasteiger partial charge < -0.3 is 15.7 Å². The van der Waals surface area contributed by atoms with Crippen LogP contribution < -0.4 is 5.73 Å². The third-order valence-corrected chi connectivity index (χ3v) is 3.29. The number of aryl methyl sites for hydroxylation is 1. The van der Waals surface area contributed by atoms with Crippen LogP contribution in [0.3, 0.4) is 0 Å². The van der Waals surface area contributed by atoms with Gasteiger partial charge in [0.25, 0.3) is 0 Å². The fraction of sp³-hybridized carbons (Fsp3) is 0.375. The fourth-order valence-electron chi connectivity index (χ4n) is 2.35. The van der Waals surface area contributed by atoms with Gasteiger partial charge in [0.15, 0.2) is 0 Å². The first-order valence-electron chi connectivity index (χ1n) is 6.63. The fourth-order valence-corrected chi connectivity index (χ4v) is 2.35. The van der Waals surface area contributed by atoms with E-state index in [1.807, 2.05) is 7.05 Å². The first-order chi connectivity index (χ1) is 9.08. The maximum absolute atomic E-state index is 8.97. The van der Waals surface area contributed by atoms with Crippen LogP contribution in [0.4, 0.5) is 0 Å². The van der Waals surface area contributed by atoms with E-state index in [2.05, 4.69) is 48.2 Å². The maximum atomic E-state index is 8.97. The smallest absolute Gasteiger partial charge is 0.0595 e. The normalized spacial score (nSPS) is 13.1. The zero-order valence-corrected chi connectivity index (χ0v) is 11.6. The van der Waals surface area contributed by atoms with Crippen molar-refractivity contribution < 1.29 is 5.11 Å². The summed E-state index contributed by atoms with van der Waals surface area (Å²) in [6.45, 7) is 3.68. The summed E-state index contributed by atoms with van der Waals surface area (Å²) in [4.78, 5) is 2.14. The van der Waals surface area contributed by atoms with E-state index in [9.17, 15) is 0 Å². The standard InChI is InChI=1S/C16H22N2O/c1-12-3-5-15-8-13(4-6-14(15)7-12)9-18(2)10-16(17)11-19/h3-8,16,19H,9-11,17H2,1-2H3. The zero-order valence-electron chi connectivity index (χ0n) is 11.6. The summed E-state index contributed by atoms with van der Waals surface area (Å²) in [6, 6.07) is 12.9. The summed E-state index contributed by atoms with van der Waals surface area (Å²) in [6.07, 6.45) is 0. The monoisotopic (exact) mass is 258 g/mol. The van der Waals surface area contributed by atoms with Crippen molar-refractivity contribution in [2.45, 2.75) is 19.5 Å². The molecule has 2 aromatic carbocycles. The van der Waals surface area contributed by atoms with Crippen LogP contribution in [0.1, 0.15) is 11.1 Å². The van der Waals surface area contributed by atoms with Gasteiger partial charge in [0.1, 0.15) is 0 Å². The quantitative estimate of drug-likeness (QED) is 0.861. The molecule has 0 saturated carbocycles. The molecule has 0 aliphatic heterocycles. The summed E-state index contributed by atoms with van der Waals surface area (Å²) in [5.74, 6) is 0. The van der Waals surface area contributed by atoms with Gasteiger partial charge in [0.2, 0.25) is 0 Å². The van der Waals surface area contributed by atoms with Crippen molar-refractivity contribution >= 4 is 10.8 Å². The molecule has 0 amide bonds. The molecule has 3 N–H and O–H groups in total. The summed E-state index contributed by atoms with van der Waals surface area (Å²) >= 11 is 0. The Morgan fingerprint density at radius 1 is 1.16 bits per heavy atom. The van der Waals surface area contributed by atoms with E-state index in [1.54, 1.807) is 0 Å². The summed E-state index contributed by atoms with van der Waals surface area (Å²) in [5.41, 5.74) is 8.29. The molecule has 1 unspecified atom stereocenters. The molecule has 0 radical (unpaired) electrons. The summed E-state index contributed by atoms with van der Waals surface area (Å²) in [7, 11) is 2.02. The molecule has 0 aliphatic rings. The van der Waals surface area contributed by atoms with Crippen LogP contribution in [-0.4, -0.2) is 36.2 Å². The predicted molar refractivity (Wildman–Crippen MR) is 80.1 cm³/mol. The first-order valence-corrected chi connectivity index (χ1v) is 6.63. The van der Waals surface area contributed by atoms with Crippen LogP contribution in [0.2, 0.25) is 0 Å². The van der Waals surface area contributed by atoms with Gasteiger partial charge in [-0.3, -0.25) is 0 Å². The first kappa shape index (κ1) is 14.0. The molecule has 19 heavy (non-hydrogen) atoms. The predicted octanol–water partition coefficient (Wildman–Crippen LogP) is 1.90. The topological polar surface area (TPSA) is 49.5 Å². The molecule has 2 aromatic rings. The zero-order chi connectivity index (χ0) is 13.8. The van der Waals surface area contributed by atoms with Crippen LogP contribution in [0, 0.1) is 6.92 Å². The Labute approximate surface area is 114 Å². The van der Waals surface area contributed by atoms with Gasteiger partial charge in [-0.15, -0.1) is 0 Å². The molecular weight excluding hydrogens is 236 g/mol. The summed E-state index contributed by atoms with van der Waals surface area (Å²) in [5, 5.41) is 11.5. The SMILES string of the molecule is Cc1ccc2cc(CN(C)CC(N)CO)ccc2c1. The number of likely N-dealkylation sites (N-methyl/N-ethyl adjacent to an activating group) is 1. The molecule has 3 heteroatoms. The second-order valence-electron chi connectivity index (χ2n) is 5.32. The van der Waals surface area contributed by atoms with E-state index in [4.69, 9.17) is 10.8 Å². The largest absolute Gasteiger partial charge is 0.395 e. The number of fused-ring (bicyclic) bond motifs is 1. The lowest BCUT2D eigenvalue weighted by Crippen LogP contribution is -2.37. The van der Waals surface area contributed by atoms with E-state index in [-0.39, 0.29) is 12.6 Å². The Morgan fingerprint density at radius 2 is 1.84 bits per heavy atom. The highest BCUT2D eigenvalue weighted by Gasteiger charge is 2.06. The highest BCUT2D eigenvalue weighted by atomic mass is 16.3. The Hall–Kier alpha value is -1.42. The van der Waals surface area contributed by atoms with E-state index >= 15 is 0 Å². The van der Waals surface area contributed by atoms with Crippen LogP contribution >= 0.6 is 0 Å². The van der Waals surface area contributed by atoms with Gasteiger partial charge in [-0.05, 0) is 36.4 Å². The lowest BCUT2D eigenvalue weighted by Gasteiger charge is -2.20. The molecule has 102 valence electrons. The van der Waals surface area contributed by atoms with Crippen LogP contribution in [0.15, 0.2) is 36.4 Å². The molecule has 0 aromatic heterocycles. The number of aliphatic hydroxyl groups excluding tert-OH is 1. The third kappa shape index (κ3) is 3.77. The molecule has 0 fully saturated rings. The average molecular weight is 258 g/mol. The molecule has 0 saturated heterocycles. The molecule has 1 atom stereocenters. The van der Waals surface area contributed by atoms with Gasteiger partial charge in [-0.25, -0.2) is 0 Å². The maximum Gasteiger partial charge on any atom is 0.0595 e. The van der Waals surface area contributed by atoms with Gasteiger partial charge in [-0.2, -0.15) is 0 Å². The van der Waals surface area contributed by atoms with E-state index < -0.39 is 0 Å². The molecule has 0 bridgehead atoms. The number of hydrogen-bond donors (Lipinski definition) is 2. The molecule has 2 rings (SSSR count). The van der Waals surface area contributed by atoms with Gasteiger partial charge in [0, 0.05) is 19.1 Å². The third-order valence-electron chi connectivity index (χ3n) is 3.29.